The van der Waals surface area contributed by atoms with E-state index in [0.29, 0.717) is 4.90 Å². The van der Waals surface area contributed by atoms with Crippen LogP contribution in [0.15, 0.2) is 58.5 Å². The first kappa shape index (κ1) is 22.4. The average Bonchev–Trinajstić information content (AvgIpc) is 2.96. The van der Waals surface area contributed by atoms with E-state index in [1.807, 2.05) is 0 Å². The highest BCUT2D eigenvalue weighted by Crippen LogP contribution is 2.50. The minimum Gasteiger partial charge on any atom is -0.315 e. The third-order valence-electron chi connectivity index (χ3n) is 4.45. The molecule has 3 rings (SSSR count). The number of nitrogens with zero attached hydrogens (tertiary/aromatic N) is 3. The molecule has 0 radical (unpaired) electrons. The largest absolute Gasteiger partial charge is 0.430 e. The number of likely N-dealkylation sites (N-methyl/N-ethyl adjacent to an activating group) is 1. The minimum atomic E-state index is -6.02. The van der Waals surface area contributed by atoms with Gasteiger partial charge in [-0.2, -0.15) is 31.3 Å². The maximum atomic E-state index is 13.8. The number of halogens is 8. The molecular weight excluding hydrogens is 438 g/mol. The second-order valence-electron chi connectivity index (χ2n) is 6.45. The maximum Gasteiger partial charge on any atom is 0.430 e. The summed E-state index contributed by atoms with van der Waals surface area (Å²) >= 11 is 0. The Morgan fingerprint density at radius 1 is 0.871 bits per heavy atom. The molecule has 0 saturated carbocycles. The lowest BCUT2D eigenvalue weighted by Crippen LogP contribution is -2.61. The molecule has 31 heavy (non-hydrogen) atoms. The fourth-order valence-electron chi connectivity index (χ4n) is 2.93. The number of rotatable bonds is 2. The van der Waals surface area contributed by atoms with Crippen LogP contribution < -0.4 is 0 Å². The van der Waals surface area contributed by atoms with Crippen LogP contribution in [0.25, 0.3) is 0 Å². The Hall–Kier alpha value is -3.31. The second-order valence-corrected chi connectivity index (χ2v) is 6.45. The van der Waals surface area contributed by atoms with Gasteiger partial charge in [0, 0.05) is 18.2 Å². The lowest BCUT2D eigenvalue weighted by atomic mass is 9.97. The van der Waals surface area contributed by atoms with E-state index in [1.165, 1.54) is 0 Å². The lowest BCUT2D eigenvalue weighted by Gasteiger charge is -2.32. The molecule has 0 bridgehead atoms. The Bertz CT molecular complexity index is 1040. The van der Waals surface area contributed by atoms with Crippen LogP contribution in [0.5, 0.6) is 0 Å². The SMILES string of the molecule is CN1C(c2ccc(F)cc2)=NC(C(F)(F)F)(C(F)(F)F)C1=NC(=O)c1ccc(F)cc1. The summed E-state index contributed by atoms with van der Waals surface area (Å²) in [6, 6.07) is 6.85. The molecular formula is C19H11F8N3O. The van der Waals surface area contributed by atoms with Crippen LogP contribution in [0.3, 0.4) is 0 Å². The Kier molecular flexibility index (Phi) is 5.36. The zero-order valence-electron chi connectivity index (χ0n) is 15.4. The third kappa shape index (κ3) is 3.77. The fraction of sp³-hybridized carbons (Fsp3) is 0.211. The molecule has 0 saturated heterocycles. The molecule has 164 valence electrons. The fourth-order valence-corrected chi connectivity index (χ4v) is 2.93. The van der Waals surface area contributed by atoms with Crippen molar-refractivity contribution in [3.05, 3.63) is 71.3 Å². The molecule has 4 nitrogen and oxygen atoms in total. The monoisotopic (exact) mass is 449 g/mol. The summed E-state index contributed by atoms with van der Waals surface area (Å²) in [7, 11) is 0.818. The first-order valence-electron chi connectivity index (χ1n) is 8.40. The Balaban J connectivity index is 2.23. The van der Waals surface area contributed by atoms with Gasteiger partial charge >= 0.3 is 17.9 Å². The molecule has 1 heterocycles. The number of amidine groups is 2. The van der Waals surface area contributed by atoms with E-state index in [9.17, 15) is 39.9 Å². The highest BCUT2D eigenvalue weighted by Gasteiger charge is 2.78. The van der Waals surface area contributed by atoms with Crippen LogP contribution in [-0.4, -0.2) is 47.4 Å². The van der Waals surface area contributed by atoms with Gasteiger partial charge < -0.3 is 4.90 Å². The van der Waals surface area contributed by atoms with Crippen molar-refractivity contribution >= 4 is 17.6 Å². The first-order chi connectivity index (χ1) is 14.3. The Morgan fingerprint density at radius 3 is 1.77 bits per heavy atom. The van der Waals surface area contributed by atoms with Gasteiger partial charge in [0.05, 0.1) is 0 Å². The molecule has 1 aliphatic heterocycles. The van der Waals surface area contributed by atoms with Gasteiger partial charge in [-0.1, -0.05) is 0 Å². The number of carbonyl (C=O) groups excluding carboxylic acids is 1. The van der Waals surface area contributed by atoms with Crippen molar-refractivity contribution in [3.8, 4) is 0 Å². The molecule has 0 atom stereocenters. The predicted molar refractivity (Wildman–Crippen MR) is 93.7 cm³/mol. The van der Waals surface area contributed by atoms with Gasteiger partial charge in [0.25, 0.3) is 5.91 Å². The van der Waals surface area contributed by atoms with Crippen molar-refractivity contribution < 1.29 is 39.9 Å². The van der Waals surface area contributed by atoms with Crippen LogP contribution in [0.2, 0.25) is 0 Å². The van der Waals surface area contributed by atoms with Crippen LogP contribution in [0.4, 0.5) is 35.1 Å². The van der Waals surface area contributed by atoms with Crippen LogP contribution in [0.1, 0.15) is 15.9 Å². The maximum absolute atomic E-state index is 13.8. The van der Waals surface area contributed by atoms with Gasteiger partial charge in [-0.25, -0.2) is 13.8 Å². The molecule has 12 heteroatoms. The molecule has 0 spiro atoms. The number of aliphatic imine (C=N–C) groups is 2. The van der Waals surface area contributed by atoms with Crippen molar-refractivity contribution in [2.75, 3.05) is 7.05 Å². The molecule has 0 aromatic heterocycles. The number of hydrogen-bond acceptors (Lipinski definition) is 2. The van der Waals surface area contributed by atoms with Crippen molar-refractivity contribution in [1.82, 2.24) is 4.90 Å². The summed E-state index contributed by atoms with van der Waals surface area (Å²) in [5.74, 6) is -5.57. The Morgan fingerprint density at radius 2 is 1.32 bits per heavy atom. The van der Waals surface area contributed by atoms with E-state index in [1.54, 1.807) is 0 Å². The summed E-state index contributed by atoms with van der Waals surface area (Å²) in [5.41, 5.74) is -5.54. The summed E-state index contributed by atoms with van der Waals surface area (Å²) in [5, 5.41) is 0. The smallest absolute Gasteiger partial charge is 0.315 e. The molecule has 0 aliphatic carbocycles. The zero-order chi connectivity index (χ0) is 23.2. The van der Waals surface area contributed by atoms with E-state index in [2.05, 4.69) is 9.98 Å². The van der Waals surface area contributed by atoms with Crippen molar-refractivity contribution in [2.45, 2.75) is 17.9 Å². The van der Waals surface area contributed by atoms with Crippen LogP contribution in [-0.2, 0) is 0 Å². The molecule has 0 fully saturated rings. The normalized spacial score (nSPS) is 17.8. The molecule has 2 aromatic rings. The van der Waals surface area contributed by atoms with Gasteiger partial charge in [0.15, 0.2) is 5.84 Å². The van der Waals surface area contributed by atoms with E-state index in [0.717, 1.165) is 55.6 Å². The van der Waals surface area contributed by atoms with Gasteiger partial charge in [0.1, 0.15) is 17.5 Å². The highest BCUT2D eigenvalue weighted by molar-refractivity contribution is 6.20. The molecule has 2 aromatic carbocycles. The summed E-state index contributed by atoms with van der Waals surface area (Å²) in [6.45, 7) is 0. The van der Waals surface area contributed by atoms with Gasteiger partial charge in [-0.3, -0.25) is 4.79 Å². The average molecular weight is 449 g/mol. The number of alkyl halides is 6. The molecule has 1 aliphatic rings. The van der Waals surface area contributed by atoms with Crippen LogP contribution in [0, 0.1) is 11.6 Å². The van der Waals surface area contributed by atoms with Crippen molar-refractivity contribution in [3.63, 3.8) is 0 Å². The van der Waals surface area contributed by atoms with Crippen molar-refractivity contribution in [2.24, 2.45) is 9.98 Å². The van der Waals surface area contributed by atoms with E-state index in [4.69, 9.17) is 0 Å². The number of amides is 1. The predicted octanol–water partition coefficient (Wildman–Crippen LogP) is 4.76. The van der Waals surface area contributed by atoms with E-state index < -0.39 is 52.7 Å². The Labute approximate surface area is 169 Å². The first-order valence-corrected chi connectivity index (χ1v) is 8.40. The van der Waals surface area contributed by atoms with E-state index >= 15 is 0 Å². The zero-order valence-corrected chi connectivity index (χ0v) is 15.4. The molecule has 0 unspecified atom stereocenters. The number of hydrogen-bond donors (Lipinski definition) is 0. The number of benzene rings is 2. The van der Waals surface area contributed by atoms with Crippen LogP contribution >= 0.6 is 0 Å². The topological polar surface area (TPSA) is 45.0 Å². The van der Waals surface area contributed by atoms with E-state index in [-0.39, 0.29) is 5.56 Å². The second kappa shape index (κ2) is 7.43. The van der Waals surface area contributed by atoms with Crippen molar-refractivity contribution in [1.29, 1.82) is 0 Å². The molecule has 0 N–H and O–H groups in total. The highest BCUT2D eigenvalue weighted by atomic mass is 19.4. The third-order valence-corrected chi connectivity index (χ3v) is 4.45. The van der Waals surface area contributed by atoms with Gasteiger partial charge in [-0.15, -0.1) is 0 Å². The van der Waals surface area contributed by atoms with Gasteiger partial charge in [0.2, 0.25) is 0 Å². The number of carbonyl (C=O) groups is 1. The minimum absolute atomic E-state index is 0.263. The molecule has 1 amide bonds. The quantitative estimate of drug-likeness (QED) is 0.621. The lowest BCUT2D eigenvalue weighted by molar-refractivity contribution is -0.270. The summed E-state index contributed by atoms with van der Waals surface area (Å²) in [4.78, 5) is 18.7. The van der Waals surface area contributed by atoms with Gasteiger partial charge in [-0.05, 0) is 48.5 Å². The standard InChI is InChI=1S/C19H11F8N3O/c1-30-14(10-2-6-12(20)7-3-10)29-17(18(22,23)24,19(25,26)27)16(30)28-15(31)11-4-8-13(21)9-5-11/h2-9H,1H3. The summed E-state index contributed by atoms with van der Waals surface area (Å²) in [6.07, 6.45) is -12.0. The summed E-state index contributed by atoms with van der Waals surface area (Å²) < 4.78 is 109.